The summed E-state index contributed by atoms with van der Waals surface area (Å²) in [5.41, 5.74) is 2.76. The van der Waals surface area contributed by atoms with Crippen LogP contribution in [0.25, 0.3) is 11.1 Å². The van der Waals surface area contributed by atoms with Gasteiger partial charge in [0.15, 0.2) is 0 Å². The number of carbonyl (C=O) groups excluding carboxylic acids is 1. The zero-order chi connectivity index (χ0) is 19.2. The Bertz CT molecular complexity index is 742. The number of esters is 1. The summed E-state index contributed by atoms with van der Waals surface area (Å²) in [6.45, 7) is 9.81. The minimum atomic E-state index is -0.505. The zero-order valence-electron chi connectivity index (χ0n) is 16.4. The van der Waals surface area contributed by atoms with Crippen molar-refractivity contribution in [3.8, 4) is 11.1 Å². The van der Waals surface area contributed by atoms with Gasteiger partial charge in [-0.15, -0.1) is 0 Å². The van der Waals surface area contributed by atoms with E-state index in [1.807, 2.05) is 51.1 Å². The lowest BCUT2D eigenvalue weighted by atomic mass is 10.0. The van der Waals surface area contributed by atoms with Crippen LogP contribution in [-0.2, 0) is 9.53 Å². The quantitative estimate of drug-likeness (QED) is 0.507. The first-order valence-electron chi connectivity index (χ1n) is 9.16. The van der Waals surface area contributed by atoms with Crippen molar-refractivity contribution in [2.75, 3.05) is 0 Å². The number of aliphatic imine (C=N–C) groups is 1. The average molecular weight is 351 g/mol. The highest BCUT2D eigenvalue weighted by Crippen LogP contribution is 2.20. The normalized spacial score (nSPS) is 13.2. The SMILES string of the molecule is CC(C)CC(/N=C/c1cccc(-c2ccccc2)c1)C(=O)OC(C)(C)C. The third-order valence-electron chi connectivity index (χ3n) is 3.77. The van der Waals surface area contributed by atoms with E-state index in [1.165, 1.54) is 0 Å². The van der Waals surface area contributed by atoms with Crippen molar-refractivity contribution in [3.05, 3.63) is 60.2 Å². The Morgan fingerprint density at radius 2 is 1.69 bits per heavy atom. The van der Waals surface area contributed by atoms with E-state index in [0.717, 1.165) is 16.7 Å². The second-order valence-corrected chi connectivity index (χ2v) is 7.95. The standard InChI is InChI=1S/C23H29NO2/c1-17(2)14-21(22(25)26-23(3,4)5)24-16-18-10-9-13-20(15-18)19-11-7-6-8-12-19/h6-13,15-17,21H,14H2,1-5H3/b24-16+. The molecule has 0 fully saturated rings. The van der Waals surface area contributed by atoms with Crippen molar-refractivity contribution in [3.63, 3.8) is 0 Å². The van der Waals surface area contributed by atoms with Crippen LogP contribution in [0.2, 0.25) is 0 Å². The Kier molecular flexibility index (Phi) is 6.73. The summed E-state index contributed by atoms with van der Waals surface area (Å²) in [5.74, 6) is 0.0991. The minimum absolute atomic E-state index is 0.262. The number of carbonyl (C=O) groups is 1. The van der Waals surface area contributed by atoms with E-state index < -0.39 is 11.6 Å². The van der Waals surface area contributed by atoms with Crippen molar-refractivity contribution < 1.29 is 9.53 Å². The second-order valence-electron chi connectivity index (χ2n) is 7.95. The molecule has 0 N–H and O–H groups in total. The van der Waals surface area contributed by atoms with Crippen LogP contribution in [0.1, 0.15) is 46.6 Å². The van der Waals surface area contributed by atoms with Crippen LogP contribution in [0.5, 0.6) is 0 Å². The van der Waals surface area contributed by atoms with Crippen LogP contribution < -0.4 is 0 Å². The number of benzene rings is 2. The molecule has 1 atom stereocenters. The van der Waals surface area contributed by atoms with Gasteiger partial charge >= 0.3 is 5.97 Å². The van der Waals surface area contributed by atoms with Gasteiger partial charge in [0, 0.05) is 6.21 Å². The summed E-state index contributed by atoms with van der Waals surface area (Å²) < 4.78 is 5.53. The van der Waals surface area contributed by atoms with Gasteiger partial charge in [0.2, 0.25) is 0 Å². The lowest BCUT2D eigenvalue weighted by Crippen LogP contribution is -2.31. The second kappa shape index (κ2) is 8.79. The minimum Gasteiger partial charge on any atom is -0.458 e. The Morgan fingerprint density at radius 3 is 2.31 bits per heavy atom. The highest BCUT2D eigenvalue weighted by atomic mass is 16.6. The molecule has 3 nitrogen and oxygen atoms in total. The maximum Gasteiger partial charge on any atom is 0.331 e. The molecule has 0 aliphatic heterocycles. The summed E-state index contributed by atoms with van der Waals surface area (Å²) in [6, 6.07) is 17.9. The van der Waals surface area contributed by atoms with E-state index in [4.69, 9.17) is 4.74 Å². The van der Waals surface area contributed by atoms with Gasteiger partial charge in [0.05, 0.1) is 0 Å². The number of ether oxygens (including phenoxy) is 1. The first-order chi connectivity index (χ1) is 12.2. The lowest BCUT2D eigenvalue weighted by molar-refractivity contribution is -0.156. The third-order valence-corrected chi connectivity index (χ3v) is 3.77. The fraction of sp³-hybridized carbons (Fsp3) is 0.391. The van der Waals surface area contributed by atoms with Gasteiger partial charge in [-0.25, -0.2) is 4.79 Å². The van der Waals surface area contributed by atoms with Crippen LogP contribution >= 0.6 is 0 Å². The maximum atomic E-state index is 12.5. The van der Waals surface area contributed by atoms with E-state index in [0.29, 0.717) is 12.3 Å². The topological polar surface area (TPSA) is 38.7 Å². The summed E-state index contributed by atoms with van der Waals surface area (Å²) >= 11 is 0. The van der Waals surface area contributed by atoms with E-state index >= 15 is 0 Å². The van der Waals surface area contributed by atoms with Crippen molar-refractivity contribution in [1.82, 2.24) is 0 Å². The van der Waals surface area contributed by atoms with E-state index in [9.17, 15) is 4.79 Å². The average Bonchev–Trinajstić information content (AvgIpc) is 2.58. The summed E-state index contributed by atoms with van der Waals surface area (Å²) in [7, 11) is 0. The molecule has 0 saturated carbocycles. The number of nitrogens with zero attached hydrogens (tertiary/aromatic N) is 1. The Balaban J connectivity index is 2.19. The summed E-state index contributed by atoms with van der Waals surface area (Å²) in [6.07, 6.45) is 2.45. The molecule has 2 rings (SSSR count). The molecule has 0 saturated heterocycles. The summed E-state index contributed by atoms with van der Waals surface area (Å²) in [5, 5.41) is 0. The number of rotatable bonds is 6. The molecule has 0 aliphatic carbocycles. The van der Waals surface area contributed by atoms with Crippen molar-refractivity contribution in [2.45, 2.75) is 52.7 Å². The zero-order valence-corrected chi connectivity index (χ0v) is 16.4. The Labute approximate surface area is 157 Å². The van der Waals surface area contributed by atoms with Crippen molar-refractivity contribution in [1.29, 1.82) is 0 Å². The van der Waals surface area contributed by atoms with Gasteiger partial charge in [0.1, 0.15) is 11.6 Å². The van der Waals surface area contributed by atoms with Crippen LogP contribution in [-0.4, -0.2) is 23.8 Å². The van der Waals surface area contributed by atoms with Crippen LogP contribution in [0.4, 0.5) is 0 Å². The smallest absolute Gasteiger partial charge is 0.331 e. The van der Waals surface area contributed by atoms with Gasteiger partial charge in [-0.05, 0) is 55.9 Å². The molecule has 2 aromatic rings. The van der Waals surface area contributed by atoms with Crippen LogP contribution in [0.3, 0.4) is 0 Å². The van der Waals surface area contributed by atoms with Crippen LogP contribution in [0.15, 0.2) is 59.6 Å². The van der Waals surface area contributed by atoms with Gasteiger partial charge in [0.25, 0.3) is 0 Å². The molecule has 3 heteroatoms. The molecule has 0 radical (unpaired) electrons. The highest BCUT2D eigenvalue weighted by molar-refractivity contribution is 5.85. The molecule has 0 aromatic heterocycles. The molecule has 0 heterocycles. The largest absolute Gasteiger partial charge is 0.458 e. The molecule has 0 aliphatic rings. The summed E-state index contributed by atoms with van der Waals surface area (Å²) in [4.78, 5) is 17.0. The molecule has 0 amide bonds. The van der Waals surface area contributed by atoms with Gasteiger partial charge < -0.3 is 4.74 Å². The first-order valence-corrected chi connectivity index (χ1v) is 9.16. The third kappa shape index (κ3) is 6.47. The van der Waals surface area contributed by atoms with Crippen molar-refractivity contribution >= 4 is 12.2 Å². The number of hydrogen-bond donors (Lipinski definition) is 0. The van der Waals surface area contributed by atoms with Gasteiger partial charge in [-0.3, -0.25) is 4.99 Å². The molecule has 26 heavy (non-hydrogen) atoms. The monoisotopic (exact) mass is 351 g/mol. The molecule has 0 bridgehead atoms. The van der Waals surface area contributed by atoms with E-state index in [2.05, 4.69) is 43.1 Å². The Hall–Kier alpha value is -2.42. The molecule has 0 spiro atoms. The van der Waals surface area contributed by atoms with E-state index in [-0.39, 0.29) is 5.97 Å². The maximum absolute atomic E-state index is 12.5. The predicted molar refractivity (Wildman–Crippen MR) is 109 cm³/mol. The molecule has 138 valence electrons. The fourth-order valence-corrected chi connectivity index (χ4v) is 2.64. The Morgan fingerprint density at radius 1 is 1.04 bits per heavy atom. The number of hydrogen-bond acceptors (Lipinski definition) is 3. The lowest BCUT2D eigenvalue weighted by Gasteiger charge is -2.23. The van der Waals surface area contributed by atoms with Gasteiger partial charge in [-0.1, -0.05) is 62.4 Å². The molecule has 1 unspecified atom stereocenters. The highest BCUT2D eigenvalue weighted by Gasteiger charge is 2.25. The van der Waals surface area contributed by atoms with E-state index in [1.54, 1.807) is 6.21 Å². The van der Waals surface area contributed by atoms with Crippen molar-refractivity contribution in [2.24, 2.45) is 10.9 Å². The molecular weight excluding hydrogens is 322 g/mol. The molecular formula is C23H29NO2. The molecule has 2 aromatic carbocycles. The van der Waals surface area contributed by atoms with Crippen LogP contribution in [0, 0.1) is 5.92 Å². The fourth-order valence-electron chi connectivity index (χ4n) is 2.64. The predicted octanol–water partition coefficient (Wildman–Crippen LogP) is 5.53. The van der Waals surface area contributed by atoms with Gasteiger partial charge in [-0.2, -0.15) is 0 Å². The first kappa shape index (κ1) is 19.9.